The summed E-state index contributed by atoms with van der Waals surface area (Å²) in [4.78, 5) is 22.3. The first-order valence-corrected chi connectivity index (χ1v) is 5.10. The molecule has 0 amide bonds. The van der Waals surface area contributed by atoms with E-state index in [1.165, 1.54) is 22.9 Å². The van der Waals surface area contributed by atoms with Crippen molar-refractivity contribution in [3.05, 3.63) is 69.9 Å². The molecule has 2 rings (SSSR count). The second-order valence-electron chi connectivity index (χ2n) is 3.61. The van der Waals surface area contributed by atoms with Crippen LogP contribution in [0.2, 0.25) is 0 Å². The number of carbonyl (C=O) groups is 1. The lowest BCUT2D eigenvalue weighted by Crippen LogP contribution is -2.23. The van der Waals surface area contributed by atoms with E-state index in [0.717, 1.165) is 0 Å². The highest BCUT2D eigenvalue weighted by Crippen LogP contribution is 2.07. The lowest BCUT2D eigenvalue weighted by molar-refractivity contribution is 0.112. The summed E-state index contributed by atoms with van der Waals surface area (Å²) in [6.45, 7) is 0.118. The summed E-state index contributed by atoms with van der Waals surface area (Å²) >= 11 is 0. The Morgan fingerprint density at radius 1 is 1.18 bits per heavy atom. The van der Waals surface area contributed by atoms with E-state index in [-0.39, 0.29) is 17.9 Å². The van der Waals surface area contributed by atoms with Crippen LogP contribution in [0, 0.1) is 5.82 Å². The molecular formula is C13H10FNO2. The third kappa shape index (κ3) is 2.30. The van der Waals surface area contributed by atoms with Crippen LogP contribution in [0.3, 0.4) is 0 Å². The molecule has 0 bridgehead atoms. The molecule has 4 heteroatoms. The van der Waals surface area contributed by atoms with Gasteiger partial charge in [-0.1, -0.05) is 18.2 Å². The molecule has 2 aromatic rings. The van der Waals surface area contributed by atoms with E-state index in [2.05, 4.69) is 0 Å². The maximum atomic E-state index is 13.4. The van der Waals surface area contributed by atoms with Gasteiger partial charge in [-0.05, 0) is 18.2 Å². The predicted octanol–water partition coefficient (Wildman–Crippen LogP) is 1.85. The van der Waals surface area contributed by atoms with Gasteiger partial charge in [-0.15, -0.1) is 0 Å². The van der Waals surface area contributed by atoms with Crippen LogP contribution >= 0.6 is 0 Å². The Bertz CT molecular complexity index is 604. The first-order chi connectivity index (χ1) is 8.22. The zero-order chi connectivity index (χ0) is 12.3. The molecule has 0 radical (unpaired) electrons. The van der Waals surface area contributed by atoms with E-state index >= 15 is 0 Å². The maximum absolute atomic E-state index is 13.4. The molecule has 1 aromatic carbocycles. The SMILES string of the molecule is O=Cc1cccn(Cc2ccccc2F)c1=O. The van der Waals surface area contributed by atoms with Crippen LogP contribution in [0.1, 0.15) is 15.9 Å². The van der Waals surface area contributed by atoms with Crippen molar-refractivity contribution < 1.29 is 9.18 Å². The van der Waals surface area contributed by atoms with Gasteiger partial charge in [-0.25, -0.2) is 4.39 Å². The maximum Gasteiger partial charge on any atom is 0.261 e. The van der Waals surface area contributed by atoms with E-state index in [9.17, 15) is 14.0 Å². The quantitative estimate of drug-likeness (QED) is 0.756. The van der Waals surface area contributed by atoms with Gasteiger partial charge in [-0.2, -0.15) is 0 Å². The van der Waals surface area contributed by atoms with Crippen LogP contribution in [-0.4, -0.2) is 10.9 Å². The number of hydrogen-bond acceptors (Lipinski definition) is 2. The molecule has 0 aliphatic carbocycles. The standard InChI is InChI=1S/C13H10FNO2/c14-12-6-2-1-4-10(12)8-15-7-3-5-11(9-16)13(15)17/h1-7,9H,8H2. The molecule has 17 heavy (non-hydrogen) atoms. The van der Waals surface area contributed by atoms with Crippen LogP contribution in [0.25, 0.3) is 0 Å². The van der Waals surface area contributed by atoms with E-state index in [4.69, 9.17) is 0 Å². The third-order valence-electron chi connectivity index (χ3n) is 2.48. The number of rotatable bonds is 3. The third-order valence-corrected chi connectivity index (χ3v) is 2.48. The first-order valence-electron chi connectivity index (χ1n) is 5.10. The normalized spacial score (nSPS) is 10.2. The number of hydrogen-bond donors (Lipinski definition) is 0. The number of nitrogens with zero attached hydrogens (tertiary/aromatic N) is 1. The van der Waals surface area contributed by atoms with E-state index in [1.807, 2.05) is 0 Å². The van der Waals surface area contributed by atoms with Gasteiger partial charge >= 0.3 is 0 Å². The van der Waals surface area contributed by atoms with Crippen molar-refractivity contribution in [1.82, 2.24) is 4.57 Å². The Morgan fingerprint density at radius 2 is 1.94 bits per heavy atom. The predicted molar refractivity (Wildman–Crippen MR) is 61.6 cm³/mol. The summed E-state index contributed by atoms with van der Waals surface area (Å²) in [6.07, 6.45) is 2.03. The van der Waals surface area contributed by atoms with Gasteiger partial charge in [0.25, 0.3) is 5.56 Å². The second-order valence-corrected chi connectivity index (χ2v) is 3.61. The molecule has 1 heterocycles. The second kappa shape index (κ2) is 4.74. The molecule has 0 N–H and O–H groups in total. The van der Waals surface area contributed by atoms with Gasteiger partial charge in [-0.3, -0.25) is 9.59 Å². The summed E-state index contributed by atoms with van der Waals surface area (Å²) in [5, 5.41) is 0. The summed E-state index contributed by atoms with van der Waals surface area (Å²) in [6, 6.07) is 9.26. The molecule has 0 saturated heterocycles. The van der Waals surface area contributed by atoms with Crippen molar-refractivity contribution in [2.45, 2.75) is 6.54 Å². The van der Waals surface area contributed by atoms with Gasteiger partial charge in [0, 0.05) is 11.8 Å². The van der Waals surface area contributed by atoms with Gasteiger partial charge in [0.1, 0.15) is 5.82 Å². The summed E-state index contributed by atoms with van der Waals surface area (Å²) in [5.74, 6) is -0.365. The highest BCUT2D eigenvalue weighted by atomic mass is 19.1. The minimum atomic E-state index is -0.411. The molecule has 0 fully saturated rings. The Labute approximate surface area is 97.1 Å². The number of pyridine rings is 1. The molecular weight excluding hydrogens is 221 g/mol. The van der Waals surface area contributed by atoms with Crippen molar-refractivity contribution in [3.8, 4) is 0 Å². The first kappa shape index (κ1) is 11.3. The molecule has 3 nitrogen and oxygen atoms in total. The average Bonchev–Trinajstić information content (AvgIpc) is 2.34. The Morgan fingerprint density at radius 3 is 2.65 bits per heavy atom. The topological polar surface area (TPSA) is 39.1 Å². The monoisotopic (exact) mass is 231 g/mol. The number of benzene rings is 1. The minimum Gasteiger partial charge on any atom is -0.310 e. The highest BCUT2D eigenvalue weighted by molar-refractivity contribution is 5.73. The summed E-state index contributed by atoms with van der Waals surface area (Å²) in [5.41, 5.74) is 0.0761. The Balaban J connectivity index is 2.41. The molecule has 86 valence electrons. The molecule has 1 aromatic heterocycles. The number of aldehydes is 1. The summed E-state index contributed by atoms with van der Waals surface area (Å²) < 4.78 is 14.7. The molecule has 0 atom stereocenters. The van der Waals surface area contributed by atoms with Crippen LogP contribution < -0.4 is 5.56 Å². The van der Waals surface area contributed by atoms with Gasteiger partial charge in [0.05, 0.1) is 12.1 Å². The number of carbonyl (C=O) groups excluding carboxylic acids is 1. The van der Waals surface area contributed by atoms with Crippen LogP contribution in [0.15, 0.2) is 47.4 Å². The fourth-order valence-corrected chi connectivity index (χ4v) is 1.58. The van der Waals surface area contributed by atoms with Gasteiger partial charge in [0.15, 0.2) is 6.29 Å². The Hall–Kier alpha value is -2.23. The van der Waals surface area contributed by atoms with Crippen molar-refractivity contribution in [3.63, 3.8) is 0 Å². The fourth-order valence-electron chi connectivity index (χ4n) is 1.58. The Kier molecular flexibility index (Phi) is 3.14. The number of halogens is 1. The largest absolute Gasteiger partial charge is 0.310 e. The van der Waals surface area contributed by atoms with Crippen molar-refractivity contribution in [2.24, 2.45) is 0 Å². The highest BCUT2D eigenvalue weighted by Gasteiger charge is 2.05. The zero-order valence-corrected chi connectivity index (χ0v) is 8.97. The molecule has 0 aliphatic rings. The van der Waals surface area contributed by atoms with E-state index < -0.39 is 5.56 Å². The minimum absolute atomic E-state index is 0.0730. The molecule has 0 saturated carbocycles. The van der Waals surface area contributed by atoms with Crippen molar-refractivity contribution >= 4 is 6.29 Å². The molecule has 0 unspecified atom stereocenters. The fraction of sp³-hybridized carbons (Fsp3) is 0.0769. The number of aromatic nitrogens is 1. The lowest BCUT2D eigenvalue weighted by atomic mass is 10.2. The molecule has 0 spiro atoms. The van der Waals surface area contributed by atoms with E-state index in [0.29, 0.717) is 11.8 Å². The van der Waals surface area contributed by atoms with Crippen molar-refractivity contribution in [2.75, 3.05) is 0 Å². The summed E-state index contributed by atoms with van der Waals surface area (Å²) in [7, 11) is 0. The van der Waals surface area contributed by atoms with Crippen molar-refractivity contribution in [1.29, 1.82) is 0 Å². The zero-order valence-electron chi connectivity index (χ0n) is 8.97. The van der Waals surface area contributed by atoms with Crippen LogP contribution in [0.5, 0.6) is 0 Å². The molecule has 0 aliphatic heterocycles. The van der Waals surface area contributed by atoms with Crippen LogP contribution in [-0.2, 0) is 6.54 Å². The van der Waals surface area contributed by atoms with Crippen LogP contribution in [0.4, 0.5) is 4.39 Å². The smallest absolute Gasteiger partial charge is 0.261 e. The van der Waals surface area contributed by atoms with E-state index in [1.54, 1.807) is 24.3 Å². The van der Waals surface area contributed by atoms with Gasteiger partial charge < -0.3 is 4.57 Å². The lowest BCUT2D eigenvalue weighted by Gasteiger charge is -2.06. The van der Waals surface area contributed by atoms with Gasteiger partial charge in [0.2, 0.25) is 0 Å². The average molecular weight is 231 g/mol.